The monoisotopic (exact) mass is 426 g/mol. The van der Waals surface area contributed by atoms with Crippen molar-refractivity contribution in [1.82, 2.24) is 15.3 Å². The van der Waals surface area contributed by atoms with Crippen molar-refractivity contribution in [3.8, 4) is 0 Å². The number of fused-ring (bicyclic) bond motifs is 1. The number of hydrogen-bond acceptors (Lipinski definition) is 4. The largest absolute Gasteiger partial charge is 0.352 e. The number of pyridine rings is 2. The fraction of sp³-hybridized carbons (Fsp3) is 0.478. The molecule has 1 fully saturated rings. The number of aromatic nitrogens is 2. The number of halogens is 1. The van der Waals surface area contributed by atoms with Crippen LogP contribution in [0.1, 0.15) is 55.5 Å². The molecule has 2 aliphatic rings. The van der Waals surface area contributed by atoms with E-state index < -0.39 is 5.41 Å². The fourth-order valence-electron chi connectivity index (χ4n) is 4.57. The molecule has 1 N–H and O–H groups in total. The van der Waals surface area contributed by atoms with Gasteiger partial charge in [0, 0.05) is 37.2 Å². The van der Waals surface area contributed by atoms with Crippen molar-refractivity contribution in [2.75, 3.05) is 18.0 Å². The van der Waals surface area contributed by atoms with Crippen molar-refractivity contribution in [2.24, 2.45) is 11.8 Å². The van der Waals surface area contributed by atoms with E-state index >= 15 is 0 Å². The highest BCUT2D eigenvalue weighted by molar-refractivity contribution is 6.30. The summed E-state index contributed by atoms with van der Waals surface area (Å²) in [5.74, 6) is 1.73. The maximum absolute atomic E-state index is 13.0. The zero-order valence-corrected chi connectivity index (χ0v) is 18.2. The Labute approximate surface area is 182 Å². The molecule has 7 heteroatoms. The number of nitrogens with zero attached hydrogens (tertiary/aromatic N) is 3. The van der Waals surface area contributed by atoms with Crippen molar-refractivity contribution in [3.63, 3.8) is 0 Å². The summed E-state index contributed by atoms with van der Waals surface area (Å²) < 4.78 is 0. The molecule has 4 rings (SSSR count). The van der Waals surface area contributed by atoms with Gasteiger partial charge in [-0.05, 0) is 63.5 Å². The Morgan fingerprint density at radius 3 is 2.70 bits per heavy atom. The molecule has 30 heavy (non-hydrogen) atoms. The third-order valence-corrected chi connectivity index (χ3v) is 6.63. The number of carbonyl (C=O) groups excluding carboxylic acids is 2. The Kier molecular flexibility index (Phi) is 5.78. The molecule has 0 saturated heterocycles. The predicted octanol–water partition coefficient (Wildman–Crippen LogP) is 3.99. The quantitative estimate of drug-likeness (QED) is 0.784. The first-order chi connectivity index (χ1) is 14.4. The van der Waals surface area contributed by atoms with Crippen LogP contribution in [0.3, 0.4) is 0 Å². The normalized spacial score (nSPS) is 22.6. The van der Waals surface area contributed by atoms with Crippen LogP contribution in [0.15, 0.2) is 36.8 Å². The van der Waals surface area contributed by atoms with Crippen LogP contribution in [0.2, 0.25) is 5.02 Å². The zero-order chi connectivity index (χ0) is 21.3. The van der Waals surface area contributed by atoms with E-state index in [1.807, 2.05) is 30.9 Å². The van der Waals surface area contributed by atoms with Crippen LogP contribution in [0.4, 0.5) is 5.82 Å². The van der Waals surface area contributed by atoms with E-state index in [1.165, 1.54) is 12.4 Å². The molecule has 3 heterocycles. The van der Waals surface area contributed by atoms with Crippen LogP contribution < -0.4 is 10.2 Å². The lowest BCUT2D eigenvalue weighted by Gasteiger charge is -2.31. The smallest absolute Gasteiger partial charge is 0.252 e. The first kappa shape index (κ1) is 20.8. The topological polar surface area (TPSA) is 75.2 Å². The lowest BCUT2D eigenvalue weighted by atomic mass is 9.81. The molecule has 2 amide bonds. The van der Waals surface area contributed by atoms with E-state index in [9.17, 15) is 9.59 Å². The van der Waals surface area contributed by atoms with Crippen LogP contribution in [-0.2, 0) is 10.2 Å². The molecule has 158 valence electrons. The molecule has 1 aliphatic carbocycles. The minimum atomic E-state index is -0.514. The van der Waals surface area contributed by atoms with Gasteiger partial charge in [0.15, 0.2) is 0 Å². The van der Waals surface area contributed by atoms with Crippen LogP contribution in [0, 0.1) is 11.8 Å². The van der Waals surface area contributed by atoms with Gasteiger partial charge in [0.1, 0.15) is 5.82 Å². The van der Waals surface area contributed by atoms with Gasteiger partial charge in [-0.1, -0.05) is 17.7 Å². The molecule has 1 aliphatic heterocycles. The van der Waals surface area contributed by atoms with Crippen LogP contribution in [0.5, 0.6) is 0 Å². The molecule has 0 aromatic carbocycles. The van der Waals surface area contributed by atoms with Crippen molar-refractivity contribution >= 4 is 29.2 Å². The average Bonchev–Trinajstić information content (AvgIpc) is 2.94. The van der Waals surface area contributed by atoms with Crippen LogP contribution >= 0.6 is 11.6 Å². The standard InChI is InChI=1S/C23H27ClN4O2/c1-23(2)19-4-3-9-26-20(19)28(22(23)30)14-16-7-5-15(6-8-16)11-27-21(29)17-10-18(24)13-25-12-17/h3-4,9-10,12-13,15-16H,5-8,11,14H2,1-2H3,(H,27,29)/t15-,16-. The maximum Gasteiger partial charge on any atom is 0.252 e. The number of carbonyl (C=O) groups is 2. The molecular weight excluding hydrogens is 400 g/mol. The van der Waals surface area contributed by atoms with Gasteiger partial charge in [0.2, 0.25) is 5.91 Å². The summed E-state index contributed by atoms with van der Waals surface area (Å²) in [5, 5.41) is 3.46. The van der Waals surface area contributed by atoms with E-state index in [1.54, 1.807) is 12.3 Å². The molecule has 0 unspecified atom stereocenters. The SMILES string of the molecule is CC1(C)C(=O)N(C[C@H]2CC[C@H](CNC(=O)c3cncc(Cl)c3)CC2)c2ncccc21. The van der Waals surface area contributed by atoms with Gasteiger partial charge in [-0.25, -0.2) is 4.98 Å². The Morgan fingerprint density at radius 2 is 1.97 bits per heavy atom. The number of nitrogens with one attached hydrogen (secondary N) is 1. The first-order valence-corrected chi connectivity index (χ1v) is 10.9. The Hall–Kier alpha value is -2.47. The number of anilines is 1. The second kappa shape index (κ2) is 8.34. The highest BCUT2D eigenvalue weighted by Crippen LogP contribution is 2.41. The fourth-order valence-corrected chi connectivity index (χ4v) is 4.74. The highest BCUT2D eigenvalue weighted by Gasteiger charge is 2.45. The second-order valence-corrected chi connectivity index (χ2v) is 9.34. The molecule has 2 aromatic rings. The summed E-state index contributed by atoms with van der Waals surface area (Å²) in [4.78, 5) is 35.6. The molecule has 6 nitrogen and oxygen atoms in total. The third-order valence-electron chi connectivity index (χ3n) is 6.42. The van der Waals surface area contributed by atoms with Crippen LogP contribution in [0.25, 0.3) is 0 Å². The van der Waals surface area contributed by atoms with Crippen molar-refractivity contribution in [2.45, 2.75) is 44.9 Å². The van der Waals surface area contributed by atoms with Crippen molar-refractivity contribution in [1.29, 1.82) is 0 Å². The number of amides is 2. The number of hydrogen-bond donors (Lipinski definition) is 1. The Balaban J connectivity index is 1.29. The lowest BCUT2D eigenvalue weighted by molar-refractivity contribution is -0.122. The van der Waals surface area contributed by atoms with E-state index in [0.717, 1.165) is 43.6 Å². The van der Waals surface area contributed by atoms with E-state index in [-0.39, 0.29) is 11.8 Å². The summed E-state index contributed by atoms with van der Waals surface area (Å²) >= 11 is 5.91. The average molecular weight is 427 g/mol. The molecule has 0 atom stereocenters. The van der Waals surface area contributed by atoms with Gasteiger partial charge in [-0.15, -0.1) is 0 Å². The number of rotatable bonds is 5. The molecule has 0 spiro atoms. The van der Waals surface area contributed by atoms with Gasteiger partial charge >= 0.3 is 0 Å². The maximum atomic E-state index is 13.0. The molecule has 0 radical (unpaired) electrons. The lowest BCUT2D eigenvalue weighted by Crippen LogP contribution is -2.40. The summed E-state index contributed by atoms with van der Waals surface area (Å²) in [5.41, 5.74) is 0.986. The second-order valence-electron chi connectivity index (χ2n) is 8.90. The van der Waals surface area contributed by atoms with Crippen molar-refractivity contribution in [3.05, 3.63) is 52.9 Å². The van der Waals surface area contributed by atoms with Crippen LogP contribution in [-0.4, -0.2) is 34.9 Å². The third kappa shape index (κ3) is 4.06. The molecule has 2 aromatic heterocycles. The predicted molar refractivity (Wildman–Crippen MR) is 117 cm³/mol. The summed E-state index contributed by atoms with van der Waals surface area (Å²) in [6.45, 7) is 5.33. The minimum Gasteiger partial charge on any atom is -0.352 e. The van der Waals surface area contributed by atoms with Gasteiger partial charge < -0.3 is 5.32 Å². The van der Waals surface area contributed by atoms with Gasteiger partial charge in [0.05, 0.1) is 16.0 Å². The minimum absolute atomic E-state index is 0.139. The Bertz CT molecular complexity index is 954. The molecular formula is C23H27ClN4O2. The van der Waals surface area contributed by atoms with E-state index in [4.69, 9.17) is 11.6 Å². The van der Waals surface area contributed by atoms with Gasteiger partial charge in [-0.3, -0.25) is 19.5 Å². The van der Waals surface area contributed by atoms with Gasteiger partial charge in [-0.2, -0.15) is 0 Å². The summed E-state index contributed by atoms with van der Waals surface area (Å²) in [6.07, 6.45) is 8.98. The van der Waals surface area contributed by atoms with Gasteiger partial charge in [0.25, 0.3) is 5.91 Å². The zero-order valence-electron chi connectivity index (χ0n) is 17.4. The summed E-state index contributed by atoms with van der Waals surface area (Å²) in [6, 6.07) is 5.53. The Morgan fingerprint density at radius 1 is 1.23 bits per heavy atom. The van der Waals surface area contributed by atoms with Crippen molar-refractivity contribution < 1.29 is 9.59 Å². The highest BCUT2D eigenvalue weighted by atomic mass is 35.5. The summed E-state index contributed by atoms with van der Waals surface area (Å²) in [7, 11) is 0. The molecule has 1 saturated carbocycles. The van der Waals surface area contributed by atoms with E-state index in [2.05, 4.69) is 15.3 Å². The first-order valence-electron chi connectivity index (χ1n) is 10.5. The molecule has 0 bridgehead atoms. The van der Waals surface area contributed by atoms with E-state index in [0.29, 0.717) is 29.0 Å².